The molecule has 2 aromatic rings. The van der Waals surface area contributed by atoms with Crippen molar-refractivity contribution in [3.8, 4) is 5.75 Å². The van der Waals surface area contributed by atoms with Gasteiger partial charge in [0.05, 0.1) is 22.1 Å². The fourth-order valence-corrected chi connectivity index (χ4v) is 2.55. The summed E-state index contributed by atoms with van der Waals surface area (Å²) in [7, 11) is 0. The molecule has 1 aliphatic rings. The normalized spacial score (nSPS) is 13.9. The van der Waals surface area contributed by atoms with E-state index in [9.17, 15) is 4.79 Å². The molecule has 0 atom stereocenters. The van der Waals surface area contributed by atoms with Gasteiger partial charge in [0.15, 0.2) is 6.61 Å². The van der Waals surface area contributed by atoms with E-state index in [1.165, 1.54) is 0 Å². The van der Waals surface area contributed by atoms with Crippen LogP contribution >= 0.6 is 23.2 Å². The maximum Gasteiger partial charge on any atom is 0.262 e. The van der Waals surface area contributed by atoms with Gasteiger partial charge in [-0.1, -0.05) is 23.2 Å². The van der Waals surface area contributed by atoms with Crippen LogP contribution in [0.2, 0.25) is 10.0 Å². The number of nitrogens with one attached hydrogen (secondary N) is 2. The first kappa shape index (κ1) is 15.6. The van der Waals surface area contributed by atoms with Crippen LogP contribution in [0.1, 0.15) is 12.5 Å². The summed E-state index contributed by atoms with van der Waals surface area (Å²) in [4.78, 5) is 11.4. The zero-order chi connectivity index (χ0) is 16.4. The average Bonchev–Trinajstić information content (AvgIpc) is 2.53. The van der Waals surface area contributed by atoms with Gasteiger partial charge < -0.3 is 10.1 Å². The molecular weight excluding hydrogens is 337 g/mol. The van der Waals surface area contributed by atoms with Gasteiger partial charge in [-0.3, -0.25) is 10.2 Å². The number of carbonyl (C=O) groups is 1. The molecule has 0 spiro atoms. The predicted molar refractivity (Wildman–Crippen MR) is 92.9 cm³/mol. The maximum absolute atomic E-state index is 11.4. The van der Waals surface area contributed by atoms with Crippen LogP contribution in [0.4, 0.5) is 11.4 Å². The van der Waals surface area contributed by atoms with Crippen LogP contribution in [0.15, 0.2) is 41.5 Å². The molecule has 2 N–H and O–H groups in total. The second-order valence-electron chi connectivity index (χ2n) is 4.98. The van der Waals surface area contributed by atoms with Gasteiger partial charge in [0.1, 0.15) is 5.75 Å². The van der Waals surface area contributed by atoms with Gasteiger partial charge in [-0.25, -0.2) is 0 Å². The second-order valence-corrected chi connectivity index (χ2v) is 5.82. The van der Waals surface area contributed by atoms with Crippen molar-refractivity contribution in [1.29, 1.82) is 0 Å². The van der Waals surface area contributed by atoms with E-state index >= 15 is 0 Å². The second kappa shape index (κ2) is 6.48. The van der Waals surface area contributed by atoms with Gasteiger partial charge >= 0.3 is 0 Å². The standard InChI is InChI=1S/C16H13Cl2N3O2/c1-9(20-21-13-4-3-11(17)7-12(13)18)10-2-5-15-14(6-10)19-16(22)8-23-15/h2-7,21H,8H2,1H3,(H,19,22)/b20-9-. The first-order valence-electron chi connectivity index (χ1n) is 6.85. The Hall–Kier alpha value is -2.24. The number of rotatable bonds is 3. The highest BCUT2D eigenvalue weighted by Gasteiger charge is 2.16. The lowest BCUT2D eigenvalue weighted by atomic mass is 10.1. The highest BCUT2D eigenvalue weighted by Crippen LogP contribution is 2.29. The molecule has 23 heavy (non-hydrogen) atoms. The number of benzene rings is 2. The van der Waals surface area contributed by atoms with Crippen LogP contribution in [-0.4, -0.2) is 18.2 Å². The van der Waals surface area contributed by atoms with Crippen LogP contribution in [0, 0.1) is 0 Å². The van der Waals surface area contributed by atoms with Crippen molar-refractivity contribution < 1.29 is 9.53 Å². The van der Waals surface area contributed by atoms with Crippen LogP contribution in [0.25, 0.3) is 0 Å². The number of anilines is 2. The minimum absolute atomic E-state index is 0.0377. The van der Waals surface area contributed by atoms with E-state index < -0.39 is 0 Å². The maximum atomic E-state index is 11.4. The van der Waals surface area contributed by atoms with Crippen LogP contribution in [0.3, 0.4) is 0 Å². The molecule has 0 unspecified atom stereocenters. The Kier molecular flexibility index (Phi) is 4.41. The van der Waals surface area contributed by atoms with Crippen molar-refractivity contribution in [3.05, 3.63) is 52.0 Å². The number of ether oxygens (including phenoxy) is 1. The summed E-state index contributed by atoms with van der Waals surface area (Å²) >= 11 is 12.0. The SMILES string of the molecule is C/C(=N/Nc1ccc(Cl)cc1Cl)c1ccc2c(c1)NC(=O)CO2. The summed E-state index contributed by atoms with van der Waals surface area (Å²) in [5.74, 6) is 0.477. The van der Waals surface area contributed by atoms with E-state index in [2.05, 4.69) is 15.8 Å². The lowest BCUT2D eigenvalue weighted by Gasteiger charge is -2.18. The number of amides is 1. The fourth-order valence-electron chi connectivity index (χ4n) is 2.10. The van der Waals surface area contributed by atoms with Gasteiger partial charge in [-0.2, -0.15) is 5.10 Å². The Bertz CT molecular complexity index is 806. The Balaban J connectivity index is 1.81. The number of hydrogen-bond acceptors (Lipinski definition) is 4. The molecule has 7 heteroatoms. The summed E-state index contributed by atoms with van der Waals surface area (Å²) in [6.07, 6.45) is 0. The monoisotopic (exact) mass is 349 g/mol. The van der Waals surface area contributed by atoms with Crippen molar-refractivity contribution in [2.75, 3.05) is 17.3 Å². The van der Waals surface area contributed by atoms with Crippen LogP contribution < -0.4 is 15.5 Å². The molecule has 1 amide bonds. The Morgan fingerprint density at radius 2 is 2.09 bits per heavy atom. The highest BCUT2D eigenvalue weighted by molar-refractivity contribution is 6.36. The minimum atomic E-state index is -0.171. The smallest absolute Gasteiger partial charge is 0.262 e. The van der Waals surface area contributed by atoms with Crippen molar-refractivity contribution in [1.82, 2.24) is 0 Å². The summed E-state index contributed by atoms with van der Waals surface area (Å²) < 4.78 is 5.33. The van der Waals surface area contributed by atoms with Crippen LogP contribution in [-0.2, 0) is 4.79 Å². The van der Waals surface area contributed by atoms with Crippen molar-refractivity contribution in [3.63, 3.8) is 0 Å². The van der Waals surface area contributed by atoms with Crippen molar-refractivity contribution >= 4 is 46.2 Å². The Labute approximate surface area is 143 Å². The first-order valence-corrected chi connectivity index (χ1v) is 7.61. The van der Waals surface area contributed by atoms with E-state index in [4.69, 9.17) is 27.9 Å². The Morgan fingerprint density at radius 3 is 2.87 bits per heavy atom. The van der Waals surface area contributed by atoms with E-state index in [0.29, 0.717) is 27.2 Å². The zero-order valence-electron chi connectivity index (χ0n) is 12.2. The molecule has 118 valence electrons. The molecule has 5 nitrogen and oxygen atoms in total. The summed E-state index contributed by atoms with van der Waals surface area (Å²) in [6, 6.07) is 10.6. The number of hydrazone groups is 1. The summed E-state index contributed by atoms with van der Waals surface area (Å²) in [6.45, 7) is 1.89. The summed E-state index contributed by atoms with van der Waals surface area (Å²) in [5.41, 5.74) is 5.79. The molecule has 0 saturated heterocycles. The van der Waals surface area contributed by atoms with E-state index in [1.54, 1.807) is 24.3 Å². The Morgan fingerprint density at radius 1 is 1.26 bits per heavy atom. The van der Waals surface area contributed by atoms with Gasteiger partial charge in [0, 0.05) is 5.02 Å². The number of nitrogens with zero attached hydrogens (tertiary/aromatic N) is 1. The van der Waals surface area contributed by atoms with E-state index in [-0.39, 0.29) is 12.5 Å². The lowest BCUT2D eigenvalue weighted by molar-refractivity contribution is -0.118. The molecule has 3 rings (SSSR count). The highest BCUT2D eigenvalue weighted by atomic mass is 35.5. The third-order valence-corrected chi connectivity index (χ3v) is 3.85. The van der Waals surface area contributed by atoms with Gasteiger partial charge in [-0.05, 0) is 48.9 Å². The minimum Gasteiger partial charge on any atom is -0.482 e. The van der Waals surface area contributed by atoms with E-state index in [0.717, 1.165) is 11.3 Å². The molecular formula is C16H13Cl2N3O2. The van der Waals surface area contributed by atoms with Crippen molar-refractivity contribution in [2.24, 2.45) is 5.10 Å². The molecule has 0 radical (unpaired) electrons. The zero-order valence-corrected chi connectivity index (χ0v) is 13.7. The predicted octanol–water partition coefficient (Wildman–Crippen LogP) is 4.16. The topological polar surface area (TPSA) is 62.7 Å². The molecule has 0 saturated carbocycles. The number of hydrogen-bond donors (Lipinski definition) is 2. The molecule has 0 aromatic heterocycles. The molecule has 0 fully saturated rings. The van der Waals surface area contributed by atoms with E-state index in [1.807, 2.05) is 19.1 Å². The molecule has 1 heterocycles. The molecule has 0 bridgehead atoms. The first-order chi connectivity index (χ1) is 11.0. The number of halogens is 2. The molecule has 1 aliphatic heterocycles. The fraction of sp³-hybridized carbons (Fsp3) is 0.125. The average molecular weight is 350 g/mol. The van der Waals surface area contributed by atoms with Gasteiger partial charge in [0.2, 0.25) is 0 Å². The lowest BCUT2D eigenvalue weighted by Crippen LogP contribution is -2.25. The molecule has 0 aliphatic carbocycles. The third-order valence-electron chi connectivity index (χ3n) is 3.31. The summed E-state index contributed by atoms with van der Waals surface area (Å²) in [5, 5.41) is 8.13. The third kappa shape index (κ3) is 3.57. The van der Waals surface area contributed by atoms with Crippen molar-refractivity contribution in [2.45, 2.75) is 6.92 Å². The largest absolute Gasteiger partial charge is 0.482 e. The number of carbonyl (C=O) groups excluding carboxylic acids is 1. The molecule has 2 aromatic carbocycles. The van der Waals surface area contributed by atoms with Crippen LogP contribution in [0.5, 0.6) is 5.75 Å². The van der Waals surface area contributed by atoms with Gasteiger partial charge in [0.25, 0.3) is 5.91 Å². The van der Waals surface area contributed by atoms with Gasteiger partial charge in [-0.15, -0.1) is 0 Å². The number of fused-ring (bicyclic) bond motifs is 1. The quantitative estimate of drug-likeness (QED) is 0.645.